The van der Waals surface area contributed by atoms with Crippen molar-refractivity contribution < 1.29 is 0 Å². The second kappa shape index (κ2) is 8.80. The van der Waals surface area contributed by atoms with Crippen molar-refractivity contribution in [1.82, 2.24) is 24.4 Å². The number of fused-ring (bicyclic) bond motifs is 1. The van der Waals surface area contributed by atoms with E-state index >= 15 is 0 Å². The standard InChI is InChI=1S/C24H24ClN7O/c1-30-10-12-32(13-11-30)17-7-5-16(6-8-17)28-24-27-14-18-22(33)19(15-31(2)23(18)29-24)21-20(25)4-3-9-26-21/h3-9,14-15H,10-13H2,1-2H3,(H,27,28,29). The Hall–Kier alpha value is -3.49. The van der Waals surface area contributed by atoms with Crippen molar-refractivity contribution in [2.45, 2.75) is 0 Å². The second-order valence-electron chi connectivity index (χ2n) is 8.21. The number of pyridine rings is 2. The average molecular weight is 462 g/mol. The zero-order valence-corrected chi connectivity index (χ0v) is 19.3. The number of benzene rings is 1. The Balaban J connectivity index is 1.41. The van der Waals surface area contributed by atoms with Crippen molar-refractivity contribution in [2.75, 3.05) is 43.4 Å². The minimum atomic E-state index is -0.202. The Morgan fingerprint density at radius 3 is 2.48 bits per heavy atom. The van der Waals surface area contributed by atoms with E-state index in [2.05, 4.69) is 49.2 Å². The summed E-state index contributed by atoms with van der Waals surface area (Å²) in [5.74, 6) is 0.425. The molecule has 0 saturated carbocycles. The van der Waals surface area contributed by atoms with Gasteiger partial charge in [0.25, 0.3) is 0 Å². The Morgan fingerprint density at radius 1 is 1.00 bits per heavy atom. The maximum absolute atomic E-state index is 13.1. The van der Waals surface area contributed by atoms with Gasteiger partial charge in [-0.15, -0.1) is 0 Å². The number of hydrogen-bond acceptors (Lipinski definition) is 7. The van der Waals surface area contributed by atoms with E-state index in [0.717, 1.165) is 31.9 Å². The van der Waals surface area contributed by atoms with E-state index in [9.17, 15) is 4.79 Å². The third-order valence-corrected chi connectivity index (χ3v) is 6.23. The third-order valence-electron chi connectivity index (χ3n) is 5.92. The molecule has 9 heteroatoms. The van der Waals surface area contributed by atoms with Crippen LogP contribution < -0.4 is 15.6 Å². The number of likely N-dealkylation sites (N-methyl/N-ethyl adjacent to an activating group) is 1. The van der Waals surface area contributed by atoms with Gasteiger partial charge in [0.15, 0.2) is 0 Å². The topological polar surface area (TPSA) is 79.2 Å². The highest BCUT2D eigenvalue weighted by Gasteiger charge is 2.16. The Morgan fingerprint density at radius 2 is 1.76 bits per heavy atom. The summed E-state index contributed by atoms with van der Waals surface area (Å²) in [4.78, 5) is 31.0. The quantitative estimate of drug-likeness (QED) is 0.498. The number of anilines is 3. The van der Waals surface area contributed by atoms with Crippen LogP contribution in [0.2, 0.25) is 5.02 Å². The number of piperazine rings is 1. The second-order valence-corrected chi connectivity index (χ2v) is 8.62. The number of rotatable bonds is 4. The van der Waals surface area contributed by atoms with Crippen molar-refractivity contribution in [1.29, 1.82) is 0 Å². The van der Waals surface area contributed by atoms with Gasteiger partial charge in [-0.2, -0.15) is 4.98 Å². The van der Waals surface area contributed by atoms with Gasteiger partial charge in [-0.1, -0.05) is 11.6 Å². The van der Waals surface area contributed by atoms with Gasteiger partial charge in [-0.3, -0.25) is 9.78 Å². The molecule has 0 unspecified atom stereocenters. The molecule has 33 heavy (non-hydrogen) atoms. The zero-order chi connectivity index (χ0) is 22.9. The first kappa shape index (κ1) is 21.4. The molecular formula is C24H24ClN7O. The first-order valence-corrected chi connectivity index (χ1v) is 11.2. The smallest absolute Gasteiger partial charge is 0.229 e. The van der Waals surface area contributed by atoms with Gasteiger partial charge in [0.2, 0.25) is 11.4 Å². The minimum Gasteiger partial charge on any atom is -0.369 e. The number of aromatic nitrogens is 4. The molecule has 1 aliphatic rings. The summed E-state index contributed by atoms with van der Waals surface area (Å²) in [6, 6.07) is 11.7. The number of hydrogen-bond donors (Lipinski definition) is 1. The maximum atomic E-state index is 13.1. The lowest BCUT2D eigenvalue weighted by Crippen LogP contribution is -2.44. The SMILES string of the molecule is CN1CCN(c2ccc(Nc3ncc4c(=O)c(-c5ncccc5Cl)cn(C)c4n3)cc2)CC1. The van der Waals surface area contributed by atoms with Crippen molar-refractivity contribution in [2.24, 2.45) is 7.05 Å². The highest BCUT2D eigenvalue weighted by atomic mass is 35.5. The summed E-state index contributed by atoms with van der Waals surface area (Å²) in [7, 11) is 3.99. The van der Waals surface area contributed by atoms with Crippen LogP contribution in [0.3, 0.4) is 0 Å². The number of aryl methyl sites for hydroxylation is 1. The normalized spacial score (nSPS) is 14.6. The van der Waals surface area contributed by atoms with Gasteiger partial charge < -0.3 is 19.7 Å². The van der Waals surface area contributed by atoms with Crippen LogP contribution in [0.4, 0.5) is 17.3 Å². The molecule has 4 aromatic rings. The van der Waals surface area contributed by atoms with Gasteiger partial charge in [-0.25, -0.2) is 4.98 Å². The maximum Gasteiger partial charge on any atom is 0.229 e. The van der Waals surface area contributed by atoms with E-state index in [1.54, 1.807) is 35.3 Å². The first-order chi connectivity index (χ1) is 16.0. The summed E-state index contributed by atoms with van der Waals surface area (Å²) in [5.41, 5.74) is 3.28. The van der Waals surface area contributed by atoms with Crippen LogP contribution in [0.25, 0.3) is 22.3 Å². The minimum absolute atomic E-state index is 0.202. The molecule has 3 aromatic heterocycles. The summed E-state index contributed by atoms with van der Waals surface area (Å²) in [6.45, 7) is 4.18. The lowest BCUT2D eigenvalue weighted by Gasteiger charge is -2.34. The van der Waals surface area contributed by atoms with Crippen molar-refractivity contribution in [3.05, 3.63) is 70.2 Å². The zero-order valence-electron chi connectivity index (χ0n) is 18.5. The highest BCUT2D eigenvalue weighted by molar-refractivity contribution is 6.33. The molecule has 0 radical (unpaired) electrons. The van der Waals surface area contributed by atoms with Crippen LogP contribution in [0.5, 0.6) is 0 Å². The summed E-state index contributed by atoms with van der Waals surface area (Å²) >= 11 is 6.26. The molecule has 1 fully saturated rings. The monoisotopic (exact) mass is 461 g/mol. The Labute approximate surface area is 196 Å². The molecule has 5 rings (SSSR count). The van der Waals surface area contributed by atoms with E-state index in [0.29, 0.717) is 33.3 Å². The van der Waals surface area contributed by atoms with Gasteiger partial charge in [-0.05, 0) is 43.4 Å². The summed E-state index contributed by atoms with van der Waals surface area (Å²) < 4.78 is 1.79. The van der Waals surface area contributed by atoms with Gasteiger partial charge in [0.1, 0.15) is 5.65 Å². The average Bonchev–Trinajstić information content (AvgIpc) is 2.83. The first-order valence-electron chi connectivity index (χ1n) is 10.8. The van der Waals surface area contributed by atoms with Crippen molar-refractivity contribution in [3.63, 3.8) is 0 Å². The predicted molar refractivity (Wildman–Crippen MR) is 132 cm³/mol. The van der Waals surface area contributed by atoms with Crippen LogP contribution in [-0.4, -0.2) is 57.6 Å². The van der Waals surface area contributed by atoms with E-state index in [-0.39, 0.29) is 5.43 Å². The lowest BCUT2D eigenvalue weighted by atomic mass is 10.1. The molecule has 1 N–H and O–H groups in total. The van der Waals surface area contributed by atoms with E-state index in [1.807, 2.05) is 19.2 Å². The van der Waals surface area contributed by atoms with Gasteiger partial charge >= 0.3 is 0 Å². The molecule has 8 nitrogen and oxygen atoms in total. The van der Waals surface area contributed by atoms with Crippen LogP contribution in [0.1, 0.15) is 0 Å². The van der Waals surface area contributed by atoms with Crippen molar-refractivity contribution >= 4 is 40.0 Å². The van der Waals surface area contributed by atoms with E-state index < -0.39 is 0 Å². The van der Waals surface area contributed by atoms with Gasteiger partial charge in [0, 0.05) is 63.2 Å². The lowest BCUT2D eigenvalue weighted by molar-refractivity contribution is 0.313. The largest absolute Gasteiger partial charge is 0.369 e. The summed E-state index contributed by atoms with van der Waals surface area (Å²) in [5, 5.41) is 4.07. The molecule has 1 saturated heterocycles. The Bertz CT molecular complexity index is 1360. The molecular weight excluding hydrogens is 438 g/mol. The fraction of sp³-hybridized carbons (Fsp3) is 0.250. The fourth-order valence-corrected chi connectivity index (χ4v) is 4.25. The molecule has 0 spiro atoms. The van der Waals surface area contributed by atoms with Crippen molar-refractivity contribution in [3.8, 4) is 11.3 Å². The number of halogens is 1. The van der Waals surface area contributed by atoms with Crippen LogP contribution in [-0.2, 0) is 7.05 Å². The highest BCUT2D eigenvalue weighted by Crippen LogP contribution is 2.25. The molecule has 0 aliphatic carbocycles. The molecule has 0 bridgehead atoms. The number of nitrogens with zero attached hydrogens (tertiary/aromatic N) is 6. The van der Waals surface area contributed by atoms with Crippen LogP contribution in [0, 0.1) is 0 Å². The fourth-order valence-electron chi connectivity index (χ4n) is 4.02. The predicted octanol–water partition coefficient (Wildman–Crippen LogP) is 3.54. The summed E-state index contributed by atoms with van der Waals surface area (Å²) in [6.07, 6.45) is 4.87. The molecule has 0 atom stereocenters. The van der Waals surface area contributed by atoms with E-state index in [1.165, 1.54) is 5.69 Å². The van der Waals surface area contributed by atoms with Gasteiger partial charge in [0.05, 0.1) is 21.7 Å². The molecule has 0 amide bonds. The molecule has 168 valence electrons. The molecule has 4 heterocycles. The number of nitrogens with one attached hydrogen (secondary N) is 1. The van der Waals surface area contributed by atoms with Crippen LogP contribution in [0.15, 0.2) is 59.8 Å². The molecule has 1 aliphatic heterocycles. The Kier molecular flexibility index (Phi) is 5.70. The van der Waals surface area contributed by atoms with E-state index in [4.69, 9.17) is 11.6 Å². The molecule has 1 aromatic carbocycles. The van der Waals surface area contributed by atoms with Crippen LogP contribution >= 0.6 is 11.6 Å². The third kappa shape index (κ3) is 4.27.